The van der Waals surface area contributed by atoms with E-state index in [0.717, 1.165) is 30.6 Å². The number of amides is 1. The molecule has 1 saturated heterocycles. The summed E-state index contributed by atoms with van der Waals surface area (Å²) in [5.41, 5.74) is 2.35. The average molecular weight is 431 g/mol. The minimum absolute atomic E-state index is 0.0321. The lowest BCUT2D eigenvalue weighted by Crippen LogP contribution is -2.37. The Bertz CT molecular complexity index is 934. The zero-order valence-electron chi connectivity index (χ0n) is 17.6. The fourth-order valence-electron chi connectivity index (χ4n) is 3.40. The Morgan fingerprint density at radius 3 is 2.30 bits per heavy atom. The zero-order valence-corrected chi connectivity index (χ0v) is 18.5. The van der Waals surface area contributed by atoms with Crippen LogP contribution in [0.15, 0.2) is 48.5 Å². The number of carbonyl (C=O) groups is 1. The number of carbonyl (C=O) groups excluding carboxylic acids is 1. The number of ether oxygens (including phenoxy) is 1. The first-order valence-corrected chi connectivity index (χ1v) is 12.0. The third kappa shape index (κ3) is 6.31. The predicted molar refractivity (Wildman–Crippen MR) is 118 cm³/mol. The van der Waals surface area contributed by atoms with Gasteiger partial charge in [0.05, 0.1) is 11.8 Å². The quantitative estimate of drug-likeness (QED) is 0.695. The van der Waals surface area contributed by atoms with Gasteiger partial charge in [-0.15, -0.1) is 0 Å². The highest BCUT2D eigenvalue weighted by atomic mass is 32.2. The molecule has 2 aromatic rings. The standard InChI is InChI=1S/C23H30N2O4S/c1-18-6-12-22(13-7-18)29-16-19(2)24-23(26)21-10-8-20(9-11-21)17-30(27,28)25-14-4-3-5-15-25/h6-13,19H,3-5,14-17H2,1-2H3,(H,24,26)/t19-/m1/s1. The Hall–Kier alpha value is -2.38. The molecule has 0 bridgehead atoms. The number of aryl methyl sites for hydroxylation is 1. The molecule has 1 heterocycles. The van der Waals surface area contributed by atoms with Gasteiger partial charge in [-0.2, -0.15) is 0 Å². The summed E-state index contributed by atoms with van der Waals surface area (Å²) in [6, 6.07) is 14.4. The van der Waals surface area contributed by atoms with Crippen molar-refractivity contribution in [2.75, 3.05) is 19.7 Å². The van der Waals surface area contributed by atoms with E-state index in [9.17, 15) is 13.2 Å². The first-order valence-electron chi connectivity index (χ1n) is 10.4. The molecule has 162 valence electrons. The van der Waals surface area contributed by atoms with Crippen molar-refractivity contribution < 1.29 is 17.9 Å². The predicted octanol–water partition coefficient (Wildman–Crippen LogP) is 3.51. The highest BCUT2D eigenvalue weighted by Crippen LogP contribution is 2.17. The molecule has 3 rings (SSSR count). The van der Waals surface area contributed by atoms with Gasteiger partial charge >= 0.3 is 0 Å². The number of hydrogen-bond donors (Lipinski definition) is 1. The second kappa shape index (κ2) is 10.1. The van der Waals surface area contributed by atoms with Crippen LogP contribution in [-0.4, -0.2) is 44.4 Å². The molecule has 1 aliphatic heterocycles. The number of nitrogens with zero attached hydrogens (tertiary/aromatic N) is 1. The van der Waals surface area contributed by atoms with Crippen molar-refractivity contribution in [1.82, 2.24) is 9.62 Å². The lowest BCUT2D eigenvalue weighted by atomic mass is 10.1. The normalized spacial score (nSPS) is 16.1. The van der Waals surface area contributed by atoms with Crippen LogP contribution in [0.2, 0.25) is 0 Å². The molecule has 0 spiro atoms. The van der Waals surface area contributed by atoms with Crippen molar-refractivity contribution in [1.29, 1.82) is 0 Å². The van der Waals surface area contributed by atoms with Gasteiger partial charge in [0.2, 0.25) is 10.0 Å². The largest absolute Gasteiger partial charge is 0.491 e. The molecule has 0 aliphatic carbocycles. The summed E-state index contributed by atoms with van der Waals surface area (Å²) in [5, 5.41) is 2.91. The number of piperidine rings is 1. The van der Waals surface area contributed by atoms with E-state index in [1.807, 2.05) is 38.1 Å². The molecule has 2 aromatic carbocycles. The molecule has 1 N–H and O–H groups in total. The Balaban J connectivity index is 1.51. The number of nitrogens with one attached hydrogen (secondary N) is 1. The van der Waals surface area contributed by atoms with E-state index in [1.54, 1.807) is 28.6 Å². The van der Waals surface area contributed by atoms with E-state index in [1.165, 1.54) is 0 Å². The van der Waals surface area contributed by atoms with Crippen molar-refractivity contribution in [3.05, 3.63) is 65.2 Å². The Kier molecular flexibility index (Phi) is 7.50. The summed E-state index contributed by atoms with van der Waals surface area (Å²) >= 11 is 0. The fraction of sp³-hybridized carbons (Fsp3) is 0.435. The van der Waals surface area contributed by atoms with Gasteiger partial charge in [-0.3, -0.25) is 4.79 Å². The molecule has 0 unspecified atom stereocenters. The summed E-state index contributed by atoms with van der Waals surface area (Å²) in [7, 11) is -3.31. The summed E-state index contributed by atoms with van der Waals surface area (Å²) in [6.07, 6.45) is 2.93. The van der Waals surface area contributed by atoms with E-state index in [2.05, 4.69) is 5.32 Å². The first kappa shape index (κ1) is 22.3. The zero-order chi connectivity index (χ0) is 21.6. The van der Waals surface area contributed by atoms with Crippen LogP contribution in [0.1, 0.15) is 47.7 Å². The van der Waals surface area contributed by atoms with Crippen LogP contribution < -0.4 is 10.1 Å². The molecular formula is C23H30N2O4S. The van der Waals surface area contributed by atoms with E-state index < -0.39 is 10.0 Å². The SMILES string of the molecule is Cc1ccc(OC[C@@H](C)NC(=O)c2ccc(CS(=O)(=O)N3CCCCC3)cc2)cc1. The minimum Gasteiger partial charge on any atom is -0.491 e. The van der Waals surface area contributed by atoms with Crippen LogP contribution in [0, 0.1) is 6.92 Å². The monoisotopic (exact) mass is 430 g/mol. The number of benzene rings is 2. The van der Waals surface area contributed by atoms with Gasteiger partial charge in [-0.25, -0.2) is 12.7 Å². The molecule has 7 heteroatoms. The maximum Gasteiger partial charge on any atom is 0.251 e. The number of hydrogen-bond acceptors (Lipinski definition) is 4. The maximum absolute atomic E-state index is 12.6. The lowest BCUT2D eigenvalue weighted by molar-refractivity contribution is 0.0926. The second-order valence-corrected chi connectivity index (χ2v) is 9.88. The first-order chi connectivity index (χ1) is 14.3. The minimum atomic E-state index is -3.31. The van der Waals surface area contributed by atoms with Crippen molar-refractivity contribution in [3.8, 4) is 5.75 Å². The molecule has 0 saturated carbocycles. The van der Waals surface area contributed by atoms with Gasteiger partial charge in [-0.1, -0.05) is 36.2 Å². The van der Waals surface area contributed by atoms with Crippen molar-refractivity contribution in [3.63, 3.8) is 0 Å². The molecule has 1 amide bonds. The van der Waals surface area contributed by atoms with Crippen LogP contribution in [0.3, 0.4) is 0 Å². The highest BCUT2D eigenvalue weighted by molar-refractivity contribution is 7.88. The van der Waals surface area contributed by atoms with Crippen LogP contribution in [-0.2, 0) is 15.8 Å². The van der Waals surface area contributed by atoms with Crippen LogP contribution in [0.5, 0.6) is 5.75 Å². The molecule has 1 aliphatic rings. The summed E-state index contributed by atoms with van der Waals surface area (Å²) < 4.78 is 32.4. The Morgan fingerprint density at radius 1 is 1.03 bits per heavy atom. The van der Waals surface area contributed by atoms with E-state index in [4.69, 9.17) is 4.74 Å². The van der Waals surface area contributed by atoms with E-state index >= 15 is 0 Å². The Morgan fingerprint density at radius 2 is 1.67 bits per heavy atom. The van der Waals surface area contributed by atoms with Crippen LogP contribution in [0.4, 0.5) is 0 Å². The van der Waals surface area contributed by atoms with Crippen LogP contribution in [0.25, 0.3) is 0 Å². The van der Waals surface area contributed by atoms with Crippen molar-refractivity contribution in [2.24, 2.45) is 0 Å². The van der Waals surface area contributed by atoms with Gasteiger partial charge in [-0.05, 0) is 56.5 Å². The van der Waals surface area contributed by atoms with Gasteiger partial charge in [0.25, 0.3) is 5.91 Å². The third-order valence-corrected chi connectivity index (χ3v) is 7.02. The maximum atomic E-state index is 12.6. The average Bonchev–Trinajstić information content (AvgIpc) is 2.74. The number of sulfonamides is 1. The molecule has 1 fully saturated rings. The summed E-state index contributed by atoms with van der Waals surface area (Å²) in [4.78, 5) is 12.5. The topological polar surface area (TPSA) is 75.7 Å². The number of rotatable bonds is 8. The van der Waals surface area contributed by atoms with Gasteiger partial charge < -0.3 is 10.1 Å². The van der Waals surface area contributed by atoms with Crippen molar-refractivity contribution in [2.45, 2.75) is 44.9 Å². The molecule has 6 nitrogen and oxygen atoms in total. The van der Waals surface area contributed by atoms with Gasteiger partial charge in [0, 0.05) is 18.7 Å². The Labute approximate surface area is 179 Å². The lowest BCUT2D eigenvalue weighted by Gasteiger charge is -2.25. The fourth-order valence-corrected chi connectivity index (χ4v) is 5.01. The van der Waals surface area contributed by atoms with E-state index in [0.29, 0.717) is 30.8 Å². The summed E-state index contributed by atoms with van der Waals surface area (Å²) in [5.74, 6) is 0.525. The molecule has 1 atom stereocenters. The highest BCUT2D eigenvalue weighted by Gasteiger charge is 2.24. The molecule has 0 radical (unpaired) electrons. The third-order valence-electron chi connectivity index (χ3n) is 5.17. The van der Waals surface area contributed by atoms with Crippen LogP contribution >= 0.6 is 0 Å². The van der Waals surface area contributed by atoms with E-state index in [-0.39, 0.29) is 17.7 Å². The van der Waals surface area contributed by atoms with Crippen molar-refractivity contribution >= 4 is 15.9 Å². The smallest absolute Gasteiger partial charge is 0.251 e. The van der Waals surface area contributed by atoms with Gasteiger partial charge in [0.1, 0.15) is 12.4 Å². The van der Waals surface area contributed by atoms with Gasteiger partial charge in [0.15, 0.2) is 0 Å². The summed E-state index contributed by atoms with van der Waals surface area (Å²) in [6.45, 7) is 5.46. The molecule has 0 aromatic heterocycles. The molecular weight excluding hydrogens is 400 g/mol. The molecule has 30 heavy (non-hydrogen) atoms. The second-order valence-electron chi connectivity index (χ2n) is 7.91.